The number of halogens is 1. The number of pyridine rings is 2. The predicted octanol–water partition coefficient (Wildman–Crippen LogP) is 2.50. The van der Waals surface area contributed by atoms with Crippen LogP contribution in [0.25, 0.3) is 0 Å². The standard InChI is InChI=1S/C20H22FN7OS/c1-22-19(29)15-2-3-16(18(21)25-15)28-9-7-27(8-10-28)13-14-4-5-23-17(12-14)26-20-24-6-11-30-20/h2-6,11-12H,7-10,13H2,1H3,(H,22,29)(H,23,24,26). The van der Waals surface area contributed by atoms with Gasteiger partial charge in [0.15, 0.2) is 5.13 Å². The topological polar surface area (TPSA) is 86.3 Å². The van der Waals surface area contributed by atoms with Crippen molar-refractivity contribution in [1.82, 2.24) is 25.2 Å². The number of aromatic nitrogens is 3. The Labute approximate surface area is 177 Å². The molecule has 0 radical (unpaired) electrons. The molecule has 4 rings (SSSR count). The van der Waals surface area contributed by atoms with Gasteiger partial charge < -0.3 is 15.5 Å². The van der Waals surface area contributed by atoms with Crippen molar-refractivity contribution in [3.05, 3.63) is 59.2 Å². The van der Waals surface area contributed by atoms with Gasteiger partial charge in [-0.25, -0.2) is 15.0 Å². The van der Waals surface area contributed by atoms with E-state index >= 15 is 0 Å². The minimum Gasteiger partial charge on any atom is -0.365 e. The molecule has 0 spiro atoms. The average Bonchev–Trinajstić information content (AvgIpc) is 3.27. The maximum Gasteiger partial charge on any atom is 0.269 e. The molecular formula is C20H22FN7OS. The molecule has 0 aromatic carbocycles. The molecule has 156 valence electrons. The molecule has 0 unspecified atom stereocenters. The van der Waals surface area contributed by atoms with Crippen LogP contribution < -0.4 is 15.5 Å². The fourth-order valence-electron chi connectivity index (χ4n) is 3.36. The van der Waals surface area contributed by atoms with E-state index in [1.807, 2.05) is 22.4 Å². The first-order valence-corrected chi connectivity index (χ1v) is 10.5. The summed E-state index contributed by atoms with van der Waals surface area (Å²) in [6.45, 7) is 3.77. The fourth-order valence-corrected chi connectivity index (χ4v) is 3.89. The van der Waals surface area contributed by atoms with Crippen molar-refractivity contribution in [2.24, 2.45) is 0 Å². The van der Waals surface area contributed by atoms with E-state index in [9.17, 15) is 9.18 Å². The molecule has 4 heterocycles. The Morgan fingerprint density at radius 2 is 2.00 bits per heavy atom. The summed E-state index contributed by atoms with van der Waals surface area (Å²) in [5, 5.41) is 8.38. The summed E-state index contributed by atoms with van der Waals surface area (Å²) in [5.74, 6) is -0.242. The number of rotatable bonds is 6. The summed E-state index contributed by atoms with van der Waals surface area (Å²) in [5.41, 5.74) is 1.67. The molecular weight excluding hydrogens is 405 g/mol. The lowest BCUT2D eigenvalue weighted by atomic mass is 10.2. The number of amides is 1. The average molecular weight is 428 g/mol. The van der Waals surface area contributed by atoms with Crippen LogP contribution in [0.2, 0.25) is 0 Å². The second-order valence-electron chi connectivity index (χ2n) is 6.86. The lowest BCUT2D eigenvalue weighted by Crippen LogP contribution is -2.46. The van der Waals surface area contributed by atoms with Crippen LogP contribution in [0.15, 0.2) is 42.0 Å². The largest absolute Gasteiger partial charge is 0.365 e. The van der Waals surface area contributed by atoms with E-state index in [1.54, 1.807) is 24.5 Å². The number of anilines is 3. The molecule has 1 saturated heterocycles. The Morgan fingerprint density at radius 1 is 1.17 bits per heavy atom. The van der Waals surface area contributed by atoms with Gasteiger partial charge in [0.05, 0.1) is 5.69 Å². The number of hydrogen-bond acceptors (Lipinski definition) is 8. The predicted molar refractivity (Wildman–Crippen MR) is 115 cm³/mol. The van der Waals surface area contributed by atoms with Crippen LogP contribution in [0.4, 0.5) is 21.0 Å². The van der Waals surface area contributed by atoms with Crippen molar-refractivity contribution in [3.8, 4) is 0 Å². The number of piperazine rings is 1. The second-order valence-corrected chi connectivity index (χ2v) is 7.75. The van der Waals surface area contributed by atoms with Gasteiger partial charge in [-0.1, -0.05) is 0 Å². The van der Waals surface area contributed by atoms with Crippen molar-refractivity contribution in [2.45, 2.75) is 6.54 Å². The fraction of sp³-hybridized carbons (Fsp3) is 0.300. The lowest BCUT2D eigenvalue weighted by Gasteiger charge is -2.36. The number of hydrogen-bond donors (Lipinski definition) is 2. The van der Waals surface area contributed by atoms with E-state index in [1.165, 1.54) is 18.4 Å². The summed E-state index contributed by atoms with van der Waals surface area (Å²) in [6, 6.07) is 7.20. The molecule has 10 heteroatoms. The summed E-state index contributed by atoms with van der Waals surface area (Å²) in [7, 11) is 1.50. The maximum atomic E-state index is 14.4. The first-order valence-electron chi connectivity index (χ1n) is 9.60. The zero-order valence-electron chi connectivity index (χ0n) is 16.5. The van der Waals surface area contributed by atoms with Gasteiger partial charge in [-0.2, -0.15) is 4.39 Å². The van der Waals surface area contributed by atoms with E-state index in [0.29, 0.717) is 18.8 Å². The molecule has 0 aliphatic carbocycles. The summed E-state index contributed by atoms with van der Waals surface area (Å²) in [4.78, 5) is 28.3. The van der Waals surface area contributed by atoms with Gasteiger partial charge in [-0.3, -0.25) is 9.69 Å². The summed E-state index contributed by atoms with van der Waals surface area (Å²) in [6.07, 6.45) is 3.54. The van der Waals surface area contributed by atoms with Gasteiger partial charge in [0, 0.05) is 57.5 Å². The smallest absolute Gasteiger partial charge is 0.269 e. The molecule has 1 amide bonds. The minimum absolute atomic E-state index is 0.0808. The Hall–Kier alpha value is -3.11. The molecule has 0 bridgehead atoms. The highest BCUT2D eigenvalue weighted by atomic mass is 32.1. The van der Waals surface area contributed by atoms with Crippen LogP contribution in [0.5, 0.6) is 0 Å². The number of thiazole rings is 1. The lowest BCUT2D eigenvalue weighted by molar-refractivity contribution is 0.0957. The van der Waals surface area contributed by atoms with Crippen molar-refractivity contribution < 1.29 is 9.18 Å². The third kappa shape index (κ3) is 4.71. The van der Waals surface area contributed by atoms with Gasteiger partial charge in [0.25, 0.3) is 5.91 Å². The third-order valence-corrected chi connectivity index (χ3v) is 5.59. The molecule has 1 aliphatic heterocycles. The molecule has 8 nitrogen and oxygen atoms in total. The number of nitrogens with one attached hydrogen (secondary N) is 2. The van der Waals surface area contributed by atoms with Gasteiger partial charge in [-0.15, -0.1) is 11.3 Å². The Morgan fingerprint density at radius 3 is 2.70 bits per heavy atom. The zero-order valence-corrected chi connectivity index (χ0v) is 17.3. The van der Waals surface area contributed by atoms with E-state index in [0.717, 1.165) is 36.1 Å². The van der Waals surface area contributed by atoms with Crippen molar-refractivity contribution in [2.75, 3.05) is 43.4 Å². The van der Waals surface area contributed by atoms with Crippen LogP contribution in [0, 0.1) is 5.95 Å². The molecule has 3 aromatic rings. The van der Waals surface area contributed by atoms with Crippen LogP contribution >= 0.6 is 11.3 Å². The van der Waals surface area contributed by atoms with Crippen LogP contribution in [-0.4, -0.2) is 59.0 Å². The van der Waals surface area contributed by atoms with Crippen LogP contribution in [0.1, 0.15) is 16.1 Å². The minimum atomic E-state index is -0.614. The molecule has 2 N–H and O–H groups in total. The monoisotopic (exact) mass is 427 g/mol. The van der Waals surface area contributed by atoms with Crippen molar-refractivity contribution in [1.29, 1.82) is 0 Å². The van der Waals surface area contributed by atoms with Crippen LogP contribution in [-0.2, 0) is 6.54 Å². The summed E-state index contributed by atoms with van der Waals surface area (Å²) >= 11 is 1.53. The highest BCUT2D eigenvalue weighted by Crippen LogP contribution is 2.22. The van der Waals surface area contributed by atoms with E-state index in [2.05, 4.69) is 30.5 Å². The highest BCUT2D eigenvalue weighted by Gasteiger charge is 2.21. The molecule has 1 aliphatic rings. The van der Waals surface area contributed by atoms with Crippen molar-refractivity contribution >= 4 is 33.9 Å². The number of carbonyl (C=O) groups is 1. The first kappa shape index (κ1) is 20.2. The highest BCUT2D eigenvalue weighted by molar-refractivity contribution is 7.13. The third-order valence-electron chi connectivity index (χ3n) is 4.90. The number of carbonyl (C=O) groups excluding carboxylic acids is 1. The van der Waals surface area contributed by atoms with Gasteiger partial charge in [-0.05, 0) is 29.8 Å². The van der Waals surface area contributed by atoms with E-state index < -0.39 is 11.9 Å². The molecule has 3 aromatic heterocycles. The first-order chi connectivity index (χ1) is 14.6. The van der Waals surface area contributed by atoms with E-state index in [4.69, 9.17) is 0 Å². The molecule has 1 fully saturated rings. The summed E-state index contributed by atoms with van der Waals surface area (Å²) < 4.78 is 14.4. The van der Waals surface area contributed by atoms with Gasteiger partial charge in [0.2, 0.25) is 5.95 Å². The normalized spacial score (nSPS) is 14.5. The maximum absolute atomic E-state index is 14.4. The zero-order chi connectivity index (χ0) is 20.9. The Kier molecular flexibility index (Phi) is 6.15. The quantitative estimate of drug-likeness (QED) is 0.585. The van der Waals surface area contributed by atoms with Crippen LogP contribution in [0.3, 0.4) is 0 Å². The molecule has 30 heavy (non-hydrogen) atoms. The SMILES string of the molecule is CNC(=O)c1ccc(N2CCN(Cc3ccnc(Nc4nccs4)c3)CC2)c(F)n1. The van der Waals surface area contributed by atoms with Gasteiger partial charge in [0.1, 0.15) is 11.5 Å². The molecule has 0 atom stereocenters. The Bertz CT molecular complexity index is 1010. The van der Waals surface area contributed by atoms with Gasteiger partial charge >= 0.3 is 0 Å². The number of nitrogens with zero attached hydrogens (tertiary/aromatic N) is 5. The van der Waals surface area contributed by atoms with Crippen molar-refractivity contribution in [3.63, 3.8) is 0 Å². The van der Waals surface area contributed by atoms with E-state index in [-0.39, 0.29) is 5.69 Å². The second kappa shape index (κ2) is 9.14. The Balaban J connectivity index is 1.34. The molecule has 0 saturated carbocycles.